The van der Waals surface area contributed by atoms with Crippen molar-refractivity contribution in [3.8, 4) is 11.5 Å². The second-order valence-electron chi connectivity index (χ2n) is 12.3. The number of nitrogens with two attached hydrogens (primary N) is 1. The molecule has 0 aromatic heterocycles. The van der Waals surface area contributed by atoms with Crippen molar-refractivity contribution in [2.45, 2.75) is 65.5 Å². The maximum Gasteiger partial charge on any atom is 0.415 e. The van der Waals surface area contributed by atoms with E-state index in [2.05, 4.69) is 10.6 Å². The van der Waals surface area contributed by atoms with Gasteiger partial charge in [-0.3, -0.25) is 4.79 Å². The predicted molar refractivity (Wildman–Crippen MR) is 184 cm³/mol. The molecule has 268 valence electrons. The van der Waals surface area contributed by atoms with Crippen LogP contribution in [0.2, 0.25) is 0 Å². The number of benzene rings is 1. The Morgan fingerprint density at radius 2 is 1.75 bits per heavy atom. The van der Waals surface area contributed by atoms with Gasteiger partial charge in [0.25, 0.3) is 5.91 Å². The number of hydrogen-bond acceptors (Lipinski definition) is 10. The van der Waals surface area contributed by atoms with Crippen LogP contribution < -0.4 is 21.1 Å². The number of phenolic OH excluding ortho intramolecular Hbond substituents is 1. The molecule has 7 unspecified atom stereocenters. The summed E-state index contributed by atoms with van der Waals surface area (Å²) in [5.74, 6) is -1.37. The van der Waals surface area contributed by atoms with Crippen molar-refractivity contribution < 1.29 is 43.2 Å². The summed E-state index contributed by atoms with van der Waals surface area (Å²) in [6, 6.07) is 2.93. The van der Waals surface area contributed by atoms with Crippen LogP contribution in [-0.2, 0) is 23.7 Å². The molecule has 1 aromatic carbocycles. The fraction of sp³-hybridized carbons (Fsp3) is 0.571. The second-order valence-corrected chi connectivity index (χ2v) is 12.3. The van der Waals surface area contributed by atoms with E-state index in [1.54, 1.807) is 53.5 Å². The van der Waals surface area contributed by atoms with E-state index in [1.165, 1.54) is 24.1 Å². The summed E-state index contributed by atoms with van der Waals surface area (Å²) in [4.78, 5) is 39.5. The quantitative estimate of drug-likeness (QED) is 0.219. The molecule has 13 heteroatoms. The van der Waals surface area contributed by atoms with E-state index in [0.717, 1.165) is 5.57 Å². The smallest absolute Gasteiger partial charge is 0.415 e. The number of primary amides is 1. The number of hydrogen-bond donors (Lipinski definition) is 4. The molecule has 0 radical (unpaired) electrons. The third-order valence-corrected chi connectivity index (χ3v) is 8.53. The summed E-state index contributed by atoms with van der Waals surface area (Å²) in [5.41, 5.74) is 6.88. The lowest BCUT2D eigenvalue weighted by Crippen LogP contribution is -2.37. The van der Waals surface area contributed by atoms with E-state index in [9.17, 15) is 19.5 Å². The maximum atomic E-state index is 13.3. The number of nitrogens with zero attached hydrogens (tertiary/aromatic N) is 1. The third kappa shape index (κ3) is 11.1. The van der Waals surface area contributed by atoms with Crippen molar-refractivity contribution in [1.29, 1.82) is 0 Å². The molecular weight excluding hydrogens is 620 g/mol. The van der Waals surface area contributed by atoms with Crippen molar-refractivity contribution in [1.82, 2.24) is 10.2 Å². The van der Waals surface area contributed by atoms with Crippen molar-refractivity contribution in [3.63, 3.8) is 0 Å². The van der Waals surface area contributed by atoms with E-state index >= 15 is 0 Å². The highest BCUT2D eigenvalue weighted by atomic mass is 16.6. The largest absolute Gasteiger partial charge is 0.505 e. The van der Waals surface area contributed by atoms with E-state index in [1.807, 2.05) is 33.8 Å². The number of anilines is 1. The van der Waals surface area contributed by atoms with Crippen LogP contribution in [0.15, 0.2) is 47.6 Å². The van der Waals surface area contributed by atoms with Crippen molar-refractivity contribution in [2.24, 2.45) is 23.5 Å². The van der Waals surface area contributed by atoms with E-state index in [4.69, 9.17) is 29.4 Å². The molecule has 13 nitrogen and oxygen atoms in total. The standard InChI is InChI=1S/C35H54N4O9/c1-20-12-11-13-21(2)33(41)38-27-19-25(47-35(43)39(7)15-14-37-6)18-26(29(27)40)31(45-9)24(5)17-28(44-8)32(46-10)23(4)16-22(3)30(20)48-34(36)42/h11-13,16,18-20,23-24,28,30-32,37,40H,14-15,17H2,1-10H3,(H2,36,42)(H,38,41)/b12-11-,21-13+,22-16+. The molecular formula is C35H54N4O9. The fourth-order valence-corrected chi connectivity index (χ4v) is 5.89. The van der Waals surface area contributed by atoms with Gasteiger partial charge in [0.1, 0.15) is 17.6 Å². The van der Waals surface area contributed by atoms with Gasteiger partial charge in [0.15, 0.2) is 0 Å². The number of allylic oxidation sites excluding steroid dienone is 2. The van der Waals surface area contributed by atoms with Gasteiger partial charge in [-0.1, -0.05) is 45.1 Å². The molecule has 2 rings (SSSR count). The number of ether oxygens (including phenoxy) is 5. The van der Waals surface area contributed by atoms with Gasteiger partial charge in [0.2, 0.25) is 0 Å². The van der Waals surface area contributed by atoms with E-state index in [-0.39, 0.29) is 34.9 Å². The zero-order chi connectivity index (χ0) is 36.1. The molecule has 3 amide bonds. The number of nitrogens with one attached hydrogen (secondary N) is 2. The summed E-state index contributed by atoms with van der Waals surface area (Å²) < 4.78 is 29.0. The number of likely N-dealkylation sites (N-methyl/N-ethyl adjacent to an activating group) is 2. The van der Waals surface area contributed by atoms with Crippen LogP contribution in [0.4, 0.5) is 15.3 Å². The van der Waals surface area contributed by atoms with Gasteiger partial charge < -0.3 is 50.1 Å². The normalized spacial score (nSPS) is 28.6. The summed E-state index contributed by atoms with van der Waals surface area (Å²) in [6.07, 6.45) is 3.77. The maximum absolute atomic E-state index is 13.3. The van der Waals surface area contributed by atoms with E-state index < -0.39 is 42.5 Å². The first-order chi connectivity index (χ1) is 22.7. The topological polar surface area (TPSA) is 171 Å². The zero-order valence-corrected chi connectivity index (χ0v) is 29.9. The van der Waals surface area contributed by atoms with Crippen molar-refractivity contribution in [3.05, 3.63) is 53.1 Å². The number of methoxy groups -OCH3 is 3. The molecule has 2 bridgehead atoms. The number of amides is 3. The molecule has 0 spiro atoms. The molecule has 0 saturated carbocycles. The Morgan fingerprint density at radius 1 is 1.06 bits per heavy atom. The fourth-order valence-electron chi connectivity index (χ4n) is 5.89. The van der Waals surface area contributed by atoms with Crippen LogP contribution in [0.1, 0.15) is 52.7 Å². The minimum absolute atomic E-state index is 0.0388. The third-order valence-electron chi connectivity index (χ3n) is 8.53. The number of carbonyl (C=O) groups is 3. The molecule has 1 heterocycles. The molecule has 0 aliphatic carbocycles. The lowest BCUT2D eigenvalue weighted by atomic mass is 9.86. The van der Waals surface area contributed by atoms with Gasteiger partial charge in [-0.05, 0) is 44.9 Å². The first-order valence-corrected chi connectivity index (χ1v) is 16.0. The molecule has 1 aliphatic rings. The minimum Gasteiger partial charge on any atom is -0.505 e. The molecule has 7 atom stereocenters. The Bertz CT molecular complexity index is 1350. The molecule has 5 N–H and O–H groups in total. The Kier molecular flexibility index (Phi) is 16.1. The van der Waals surface area contributed by atoms with Crippen LogP contribution in [0.25, 0.3) is 0 Å². The first-order valence-electron chi connectivity index (χ1n) is 16.0. The van der Waals surface area contributed by atoms with Crippen molar-refractivity contribution >= 4 is 23.8 Å². The van der Waals surface area contributed by atoms with Crippen LogP contribution in [0.3, 0.4) is 0 Å². The predicted octanol–water partition coefficient (Wildman–Crippen LogP) is 4.92. The lowest BCUT2D eigenvalue weighted by Gasteiger charge is -2.33. The van der Waals surface area contributed by atoms with Crippen LogP contribution in [-0.4, -0.2) is 94.9 Å². The highest BCUT2D eigenvalue weighted by molar-refractivity contribution is 6.04. The summed E-state index contributed by atoms with van der Waals surface area (Å²) >= 11 is 0. The highest BCUT2D eigenvalue weighted by Gasteiger charge is 2.33. The van der Waals surface area contributed by atoms with Gasteiger partial charge in [-0.2, -0.15) is 0 Å². The number of carbonyl (C=O) groups excluding carboxylic acids is 3. The Hall–Kier alpha value is -3.91. The SMILES string of the molecule is CNCCN(C)C(=O)Oc1cc2c(O)c(c1)C(OC)C(C)CC(OC)C(OC)C(C)/C=C(\C)C(OC(N)=O)C(C)/C=C\C=C(/C)C(=O)N2. The first kappa shape index (κ1) is 40.3. The van der Waals surface area contributed by atoms with Gasteiger partial charge in [0.05, 0.1) is 24.0 Å². The average molecular weight is 675 g/mol. The Balaban J connectivity index is 2.73. The Morgan fingerprint density at radius 3 is 2.33 bits per heavy atom. The number of fused-ring (bicyclic) bond motifs is 2. The minimum atomic E-state index is -0.904. The van der Waals surface area contributed by atoms with Gasteiger partial charge in [0, 0.05) is 70.5 Å². The highest BCUT2D eigenvalue weighted by Crippen LogP contribution is 2.42. The monoisotopic (exact) mass is 674 g/mol. The summed E-state index contributed by atoms with van der Waals surface area (Å²) in [6.45, 7) is 10.2. The van der Waals surface area contributed by atoms with Gasteiger partial charge >= 0.3 is 12.2 Å². The number of rotatable bonds is 8. The molecule has 1 aromatic rings. The second kappa shape index (κ2) is 19.2. The molecule has 1 aliphatic heterocycles. The van der Waals surface area contributed by atoms with E-state index in [0.29, 0.717) is 30.6 Å². The Labute approximate surface area is 284 Å². The van der Waals surface area contributed by atoms with Crippen LogP contribution in [0, 0.1) is 17.8 Å². The lowest BCUT2D eigenvalue weighted by molar-refractivity contribution is -0.112. The molecule has 0 saturated heterocycles. The van der Waals surface area contributed by atoms with Gasteiger partial charge in [-0.15, -0.1) is 0 Å². The van der Waals surface area contributed by atoms with Crippen molar-refractivity contribution in [2.75, 3.05) is 53.8 Å². The summed E-state index contributed by atoms with van der Waals surface area (Å²) in [7, 11) is 8.11. The van der Waals surface area contributed by atoms with Crippen LogP contribution in [0.5, 0.6) is 11.5 Å². The molecule has 0 fully saturated rings. The molecule has 48 heavy (non-hydrogen) atoms. The van der Waals surface area contributed by atoms with Gasteiger partial charge in [-0.25, -0.2) is 9.59 Å². The average Bonchev–Trinajstić information content (AvgIpc) is 3.03. The zero-order valence-electron chi connectivity index (χ0n) is 29.9. The number of phenols is 1. The van der Waals surface area contributed by atoms with Crippen LogP contribution >= 0.6 is 0 Å². The number of aromatic hydroxyl groups is 1. The summed E-state index contributed by atoms with van der Waals surface area (Å²) in [5, 5.41) is 17.2.